The molecule has 3 amide bonds. The van der Waals surface area contributed by atoms with Crippen LogP contribution in [0, 0.1) is 23.7 Å². The average Bonchev–Trinajstić information content (AvgIpc) is 3.37. The maximum atomic E-state index is 12.5. The third-order valence-electron chi connectivity index (χ3n) is 5.59. The number of rotatable bonds is 6. The number of likely N-dealkylation sites (tertiary alicyclic amines) is 1. The van der Waals surface area contributed by atoms with Crippen LogP contribution in [0.1, 0.15) is 6.42 Å². The first-order valence-corrected chi connectivity index (χ1v) is 9.11. The number of amides is 3. The molecule has 1 heterocycles. The smallest absolute Gasteiger partial charge is 0.326 e. The second kappa shape index (κ2) is 7.10. The Hall–Kier alpha value is -3.16. The Morgan fingerprint density at radius 1 is 1.07 bits per heavy atom. The Bertz CT molecular complexity index is 832. The van der Waals surface area contributed by atoms with E-state index in [0.717, 1.165) is 11.3 Å². The number of anilines is 1. The molecule has 1 aromatic rings. The number of benzene rings is 1. The lowest BCUT2D eigenvalue weighted by molar-refractivity contribution is -0.154. The molecule has 4 atom stereocenters. The van der Waals surface area contributed by atoms with Crippen LogP contribution in [0.15, 0.2) is 36.4 Å². The summed E-state index contributed by atoms with van der Waals surface area (Å²) in [6, 6.07) is 6.68. The molecule has 0 aromatic heterocycles. The van der Waals surface area contributed by atoms with Crippen molar-refractivity contribution in [3.05, 3.63) is 36.4 Å². The van der Waals surface area contributed by atoms with Crippen LogP contribution in [-0.2, 0) is 23.9 Å². The summed E-state index contributed by atoms with van der Waals surface area (Å²) in [5.74, 6) is -1.81. The van der Waals surface area contributed by atoms with Gasteiger partial charge >= 0.3 is 5.97 Å². The number of methoxy groups -OCH3 is 1. The highest BCUT2D eigenvalue weighted by molar-refractivity contribution is 6.08. The third-order valence-corrected chi connectivity index (χ3v) is 5.59. The number of nitrogens with one attached hydrogen (secondary N) is 1. The molecule has 8 nitrogen and oxygen atoms in total. The summed E-state index contributed by atoms with van der Waals surface area (Å²) in [5.41, 5.74) is 0.530. The van der Waals surface area contributed by atoms with Gasteiger partial charge in [-0.25, -0.2) is 0 Å². The van der Waals surface area contributed by atoms with Gasteiger partial charge in [0.15, 0.2) is 6.61 Å². The van der Waals surface area contributed by atoms with Crippen molar-refractivity contribution in [2.75, 3.05) is 25.6 Å². The molecule has 146 valence electrons. The molecule has 2 aliphatic carbocycles. The lowest BCUT2D eigenvalue weighted by Gasteiger charge is -2.16. The second-order valence-electron chi connectivity index (χ2n) is 7.20. The molecular weight excluding hydrogens is 364 g/mol. The number of hydrogen-bond acceptors (Lipinski definition) is 6. The van der Waals surface area contributed by atoms with E-state index < -0.39 is 25.0 Å². The number of allylic oxidation sites excluding steroid dienone is 2. The fraction of sp³-hybridized carbons (Fsp3) is 0.400. The standard InChI is InChI=1S/C20H20N2O6/c1-27-14-6-4-13(5-7-14)21-15(23)10-28-16(24)9-22-19(25)17-11-2-3-12(8-11)18(17)20(22)26/h2-7,11-12,17-18H,8-10H2,1H3,(H,21,23)/t11-,12-,17+,18+/m1/s1. The number of nitrogens with zero attached hydrogens (tertiary/aromatic N) is 1. The lowest BCUT2D eigenvalue weighted by Crippen LogP contribution is -2.38. The molecular formula is C20H20N2O6. The first-order valence-electron chi connectivity index (χ1n) is 9.11. The van der Waals surface area contributed by atoms with Gasteiger partial charge in [-0.2, -0.15) is 0 Å². The Kier molecular flexibility index (Phi) is 4.62. The van der Waals surface area contributed by atoms with E-state index in [1.807, 2.05) is 12.2 Å². The van der Waals surface area contributed by atoms with Gasteiger partial charge in [-0.05, 0) is 42.5 Å². The topological polar surface area (TPSA) is 102 Å². The fourth-order valence-corrected chi connectivity index (χ4v) is 4.31. The fourth-order valence-electron chi connectivity index (χ4n) is 4.31. The Morgan fingerprint density at radius 2 is 1.68 bits per heavy atom. The van der Waals surface area contributed by atoms with Crippen LogP contribution >= 0.6 is 0 Å². The van der Waals surface area contributed by atoms with Gasteiger partial charge in [0.05, 0.1) is 18.9 Å². The van der Waals surface area contributed by atoms with Gasteiger partial charge in [0, 0.05) is 5.69 Å². The highest BCUT2D eigenvalue weighted by Crippen LogP contribution is 2.52. The maximum absolute atomic E-state index is 12.5. The summed E-state index contributed by atoms with van der Waals surface area (Å²) in [6.45, 7) is -0.958. The van der Waals surface area contributed by atoms with Gasteiger partial charge in [0.25, 0.3) is 5.91 Å². The van der Waals surface area contributed by atoms with E-state index in [2.05, 4.69) is 5.32 Å². The molecule has 2 fully saturated rings. The van der Waals surface area contributed by atoms with Crippen LogP contribution in [0.3, 0.4) is 0 Å². The third kappa shape index (κ3) is 3.15. The predicted molar refractivity (Wildman–Crippen MR) is 97.0 cm³/mol. The van der Waals surface area contributed by atoms with Crippen molar-refractivity contribution in [3.63, 3.8) is 0 Å². The van der Waals surface area contributed by atoms with Crippen LogP contribution in [-0.4, -0.2) is 48.9 Å². The minimum atomic E-state index is -0.785. The van der Waals surface area contributed by atoms with E-state index in [9.17, 15) is 19.2 Å². The van der Waals surface area contributed by atoms with E-state index in [1.165, 1.54) is 7.11 Å². The minimum absolute atomic E-state index is 0.0859. The number of carbonyl (C=O) groups excluding carboxylic acids is 4. The predicted octanol–water partition coefficient (Wildman–Crippen LogP) is 0.984. The van der Waals surface area contributed by atoms with Crippen molar-refractivity contribution in [1.29, 1.82) is 0 Å². The van der Waals surface area contributed by atoms with E-state index in [-0.39, 0.29) is 35.5 Å². The van der Waals surface area contributed by atoms with Crippen molar-refractivity contribution in [2.45, 2.75) is 6.42 Å². The van der Waals surface area contributed by atoms with Crippen LogP contribution in [0.5, 0.6) is 5.75 Å². The largest absolute Gasteiger partial charge is 0.497 e. The molecule has 1 aliphatic heterocycles. The summed E-state index contributed by atoms with van der Waals surface area (Å²) < 4.78 is 9.97. The van der Waals surface area contributed by atoms with E-state index in [0.29, 0.717) is 11.4 Å². The molecule has 1 N–H and O–H groups in total. The second-order valence-corrected chi connectivity index (χ2v) is 7.20. The SMILES string of the molecule is COc1ccc(NC(=O)COC(=O)CN2C(=O)[C@@H]3[C@@H](C2=O)[C@@H]2C=C[C@@H]3C2)cc1. The number of fused-ring (bicyclic) bond motifs is 5. The van der Waals surface area contributed by atoms with Gasteiger partial charge in [-0.3, -0.25) is 24.1 Å². The molecule has 2 bridgehead atoms. The first kappa shape index (κ1) is 18.2. The van der Waals surface area contributed by atoms with Gasteiger partial charge < -0.3 is 14.8 Å². The van der Waals surface area contributed by atoms with Crippen molar-refractivity contribution in [3.8, 4) is 5.75 Å². The summed E-state index contributed by atoms with van der Waals surface area (Å²) in [7, 11) is 1.54. The number of carbonyl (C=O) groups is 4. The highest BCUT2D eigenvalue weighted by atomic mass is 16.5. The van der Waals surface area contributed by atoms with Crippen molar-refractivity contribution < 1.29 is 28.7 Å². The lowest BCUT2D eigenvalue weighted by atomic mass is 9.85. The molecule has 1 saturated carbocycles. The summed E-state index contributed by atoms with van der Waals surface area (Å²) >= 11 is 0. The average molecular weight is 384 g/mol. The zero-order chi connectivity index (χ0) is 19.8. The van der Waals surface area contributed by atoms with Gasteiger partial charge in [0.2, 0.25) is 11.8 Å². The van der Waals surface area contributed by atoms with Crippen LogP contribution in [0.25, 0.3) is 0 Å². The van der Waals surface area contributed by atoms with E-state index in [1.54, 1.807) is 24.3 Å². The van der Waals surface area contributed by atoms with Crippen molar-refractivity contribution in [1.82, 2.24) is 4.90 Å². The van der Waals surface area contributed by atoms with E-state index >= 15 is 0 Å². The summed E-state index contributed by atoms with van der Waals surface area (Å²) in [5, 5.41) is 2.58. The number of ether oxygens (including phenoxy) is 2. The summed E-state index contributed by atoms with van der Waals surface area (Å²) in [6.07, 6.45) is 4.81. The molecule has 0 radical (unpaired) electrons. The van der Waals surface area contributed by atoms with Gasteiger partial charge in [-0.15, -0.1) is 0 Å². The highest BCUT2D eigenvalue weighted by Gasteiger charge is 2.59. The first-order chi connectivity index (χ1) is 13.5. The maximum Gasteiger partial charge on any atom is 0.326 e. The molecule has 28 heavy (non-hydrogen) atoms. The molecule has 3 aliphatic rings. The van der Waals surface area contributed by atoms with Crippen LogP contribution in [0.2, 0.25) is 0 Å². The summed E-state index contributed by atoms with van der Waals surface area (Å²) in [4.78, 5) is 50.0. The number of hydrogen-bond donors (Lipinski definition) is 1. The molecule has 1 saturated heterocycles. The van der Waals surface area contributed by atoms with Crippen LogP contribution in [0.4, 0.5) is 5.69 Å². The monoisotopic (exact) mass is 384 g/mol. The Balaban J connectivity index is 1.27. The normalized spacial score (nSPS) is 27.1. The zero-order valence-electron chi connectivity index (χ0n) is 15.3. The quantitative estimate of drug-likeness (QED) is 0.446. The molecule has 1 aromatic carbocycles. The molecule has 4 rings (SSSR count). The van der Waals surface area contributed by atoms with Gasteiger partial charge in [-0.1, -0.05) is 12.2 Å². The van der Waals surface area contributed by atoms with Crippen molar-refractivity contribution in [2.24, 2.45) is 23.7 Å². The Morgan fingerprint density at radius 3 is 2.25 bits per heavy atom. The van der Waals surface area contributed by atoms with E-state index in [4.69, 9.17) is 9.47 Å². The van der Waals surface area contributed by atoms with Gasteiger partial charge in [0.1, 0.15) is 12.3 Å². The minimum Gasteiger partial charge on any atom is -0.497 e. The zero-order valence-corrected chi connectivity index (χ0v) is 15.3. The van der Waals surface area contributed by atoms with Crippen molar-refractivity contribution >= 4 is 29.4 Å². The molecule has 0 spiro atoms. The van der Waals surface area contributed by atoms with Crippen LogP contribution < -0.4 is 10.1 Å². The Labute approximate surface area is 161 Å². The number of esters is 1. The number of imide groups is 1. The molecule has 0 unspecified atom stereocenters. The molecule has 8 heteroatoms.